The zero-order valence-electron chi connectivity index (χ0n) is 19.2. The lowest BCUT2D eigenvalue weighted by atomic mass is 10.1. The van der Waals surface area contributed by atoms with Gasteiger partial charge in [-0.05, 0) is 36.8 Å². The predicted molar refractivity (Wildman–Crippen MR) is 134 cm³/mol. The first-order valence-electron chi connectivity index (χ1n) is 11.9. The fraction of sp³-hybridized carbons (Fsp3) is 0.481. The van der Waals surface area contributed by atoms with Crippen LogP contribution in [0, 0.1) is 0 Å². The summed E-state index contributed by atoms with van der Waals surface area (Å²) in [7, 11) is 0. The van der Waals surface area contributed by atoms with Crippen LogP contribution in [0.3, 0.4) is 0 Å². The van der Waals surface area contributed by atoms with Crippen molar-refractivity contribution < 1.29 is 14.6 Å². The number of carbonyl (C=O) groups is 1. The minimum absolute atomic E-state index is 0.00997. The van der Waals surface area contributed by atoms with Crippen LogP contribution in [-0.4, -0.2) is 17.3 Å². The molecule has 0 aromatic heterocycles. The minimum atomic E-state index is -0.263. The monoisotopic (exact) mass is 457 g/mol. The second kappa shape index (κ2) is 15.5. The average molecular weight is 458 g/mol. The van der Waals surface area contributed by atoms with Crippen LogP contribution in [0.2, 0.25) is 5.02 Å². The number of phenolic OH excluding ortho intramolecular Hbond substituents is 1. The van der Waals surface area contributed by atoms with Crippen molar-refractivity contribution in [3.8, 4) is 11.5 Å². The molecule has 2 aromatic rings. The molecule has 0 spiro atoms. The average Bonchev–Trinajstić information content (AvgIpc) is 2.77. The second-order valence-corrected chi connectivity index (χ2v) is 8.65. The molecule has 0 aliphatic heterocycles. The molecule has 0 amide bonds. The number of carbonyl (C=O) groups excluding carboxylic acids is 1. The Morgan fingerprint density at radius 1 is 0.938 bits per heavy atom. The summed E-state index contributed by atoms with van der Waals surface area (Å²) in [5.74, 6) is 0.0897. The molecule has 0 aliphatic rings. The van der Waals surface area contributed by atoms with E-state index in [4.69, 9.17) is 16.3 Å². The van der Waals surface area contributed by atoms with Crippen molar-refractivity contribution in [2.45, 2.75) is 84.0 Å². The topological polar surface area (TPSA) is 58.9 Å². The first-order valence-corrected chi connectivity index (χ1v) is 12.3. The summed E-state index contributed by atoms with van der Waals surface area (Å²) in [6.07, 6.45) is 15.6. The zero-order valence-corrected chi connectivity index (χ0v) is 19.9. The van der Waals surface area contributed by atoms with Gasteiger partial charge in [0.2, 0.25) is 0 Å². The molecule has 0 bridgehead atoms. The van der Waals surface area contributed by atoms with Crippen LogP contribution in [-0.2, 0) is 4.79 Å². The Labute approximate surface area is 197 Å². The molecule has 174 valence electrons. The van der Waals surface area contributed by atoms with Crippen molar-refractivity contribution in [2.75, 3.05) is 0 Å². The maximum absolute atomic E-state index is 12.1. The Morgan fingerprint density at radius 3 is 2.22 bits per heavy atom. The SMILES string of the molecule is CCCCCCCCCCCCCC(=O)Oc1ccc(C=Nc2cccc(Cl)c2)c(O)c1. The number of esters is 1. The number of aliphatic imine (C=N–C) groups is 1. The number of unbranched alkanes of at least 4 members (excludes halogenated alkanes) is 10. The third-order valence-electron chi connectivity index (χ3n) is 5.38. The van der Waals surface area contributed by atoms with Crippen LogP contribution >= 0.6 is 11.6 Å². The van der Waals surface area contributed by atoms with Gasteiger partial charge >= 0.3 is 5.97 Å². The number of ether oxygens (including phenoxy) is 1. The highest BCUT2D eigenvalue weighted by molar-refractivity contribution is 6.30. The van der Waals surface area contributed by atoms with Crippen LogP contribution in [0.1, 0.15) is 89.5 Å². The van der Waals surface area contributed by atoms with Crippen LogP contribution in [0.5, 0.6) is 11.5 Å². The van der Waals surface area contributed by atoms with E-state index in [9.17, 15) is 9.90 Å². The molecule has 0 heterocycles. The van der Waals surface area contributed by atoms with Gasteiger partial charge in [-0.15, -0.1) is 0 Å². The molecule has 2 rings (SSSR count). The number of nitrogens with zero attached hydrogens (tertiary/aromatic N) is 1. The molecule has 0 saturated carbocycles. The number of halogens is 1. The summed E-state index contributed by atoms with van der Waals surface area (Å²) < 4.78 is 5.36. The lowest BCUT2D eigenvalue weighted by Gasteiger charge is -2.06. The lowest BCUT2D eigenvalue weighted by molar-refractivity contribution is -0.134. The Morgan fingerprint density at radius 2 is 1.59 bits per heavy atom. The van der Waals surface area contributed by atoms with Gasteiger partial charge in [0.1, 0.15) is 11.5 Å². The van der Waals surface area contributed by atoms with Crippen LogP contribution in [0.15, 0.2) is 47.5 Å². The van der Waals surface area contributed by atoms with Gasteiger partial charge in [-0.3, -0.25) is 9.79 Å². The van der Waals surface area contributed by atoms with Gasteiger partial charge in [-0.25, -0.2) is 0 Å². The smallest absolute Gasteiger partial charge is 0.311 e. The van der Waals surface area contributed by atoms with Gasteiger partial charge in [-0.2, -0.15) is 0 Å². The molecule has 0 atom stereocenters. The van der Waals surface area contributed by atoms with Crippen molar-refractivity contribution in [3.05, 3.63) is 53.1 Å². The Hall–Kier alpha value is -2.33. The summed E-state index contributed by atoms with van der Waals surface area (Å²) in [4.78, 5) is 16.4. The zero-order chi connectivity index (χ0) is 23.0. The number of benzene rings is 2. The van der Waals surface area contributed by atoms with Gasteiger partial charge in [-0.1, -0.05) is 88.8 Å². The van der Waals surface area contributed by atoms with E-state index in [-0.39, 0.29) is 11.7 Å². The number of rotatable bonds is 15. The number of hydrogen-bond acceptors (Lipinski definition) is 4. The van der Waals surface area contributed by atoms with Crippen LogP contribution in [0.4, 0.5) is 5.69 Å². The van der Waals surface area contributed by atoms with E-state index in [1.807, 2.05) is 12.1 Å². The molecule has 32 heavy (non-hydrogen) atoms. The molecule has 1 N–H and O–H groups in total. The third-order valence-corrected chi connectivity index (χ3v) is 5.61. The number of aromatic hydroxyl groups is 1. The summed E-state index contributed by atoms with van der Waals surface area (Å²) in [5, 5.41) is 10.8. The van der Waals surface area contributed by atoms with Crippen molar-refractivity contribution in [1.29, 1.82) is 0 Å². The van der Waals surface area contributed by atoms with Gasteiger partial charge < -0.3 is 9.84 Å². The maximum atomic E-state index is 12.1. The van der Waals surface area contributed by atoms with E-state index in [1.165, 1.54) is 63.9 Å². The van der Waals surface area contributed by atoms with Gasteiger partial charge in [0, 0.05) is 29.3 Å². The Bertz CT molecular complexity index is 851. The Kier molecular flexibility index (Phi) is 12.5. The fourth-order valence-corrected chi connectivity index (χ4v) is 3.70. The molecule has 2 aromatic carbocycles. The molecule has 5 heteroatoms. The maximum Gasteiger partial charge on any atom is 0.311 e. The quantitative estimate of drug-likeness (QED) is 0.126. The second-order valence-electron chi connectivity index (χ2n) is 8.22. The van der Waals surface area contributed by atoms with E-state index in [1.54, 1.807) is 30.5 Å². The highest BCUT2D eigenvalue weighted by Crippen LogP contribution is 2.24. The first kappa shape index (κ1) is 25.9. The molecular formula is C27H36ClNO3. The minimum Gasteiger partial charge on any atom is -0.507 e. The summed E-state index contributed by atoms with van der Waals surface area (Å²) in [6.45, 7) is 2.25. The molecule has 0 unspecified atom stereocenters. The molecule has 0 aliphatic carbocycles. The third kappa shape index (κ3) is 10.8. The predicted octanol–water partition coefficient (Wildman–Crippen LogP) is 8.40. The summed E-state index contributed by atoms with van der Waals surface area (Å²) >= 11 is 5.95. The highest BCUT2D eigenvalue weighted by Gasteiger charge is 2.07. The van der Waals surface area contributed by atoms with E-state index in [2.05, 4.69) is 11.9 Å². The largest absolute Gasteiger partial charge is 0.507 e. The standard InChI is InChI=1S/C27H36ClNO3/c1-2-3-4-5-6-7-8-9-10-11-12-16-27(31)32-25-18-17-22(26(30)20-25)21-29-24-15-13-14-23(28)19-24/h13-15,17-21,30H,2-12,16H2,1H3. The van der Waals surface area contributed by atoms with Crippen molar-refractivity contribution in [2.24, 2.45) is 4.99 Å². The van der Waals surface area contributed by atoms with Crippen molar-refractivity contribution in [1.82, 2.24) is 0 Å². The van der Waals surface area contributed by atoms with E-state index in [0.29, 0.717) is 28.4 Å². The van der Waals surface area contributed by atoms with E-state index >= 15 is 0 Å². The van der Waals surface area contributed by atoms with Crippen molar-refractivity contribution >= 4 is 29.5 Å². The molecule has 4 nitrogen and oxygen atoms in total. The van der Waals surface area contributed by atoms with Gasteiger partial charge in [0.25, 0.3) is 0 Å². The van der Waals surface area contributed by atoms with E-state index in [0.717, 1.165) is 12.8 Å². The number of hydrogen-bond donors (Lipinski definition) is 1. The lowest BCUT2D eigenvalue weighted by Crippen LogP contribution is -2.07. The van der Waals surface area contributed by atoms with Crippen LogP contribution in [0.25, 0.3) is 0 Å². The fourth-order valence-electron chi connectivity index (χ4n) is 3.51. The number of phenols is 1. The summed E-state index contributed by atoms with van der Waals surface area (Å²) in [6, 6.07) is 11.9. The van der Waals surface area contributed by atoms with Crippen LogP contribution < -0.4 is 4.74 Å². The summed E-state index contributed by atoms with van der Waals surface area (Å²) in [5.41, 5.74) is 1.23. The highest BCUT2D eigenvalue weighted by atomic mass is 35.5. The normalized spacial score (nSPS) is 11.2. The molecule has 0 saturated heterocycles. The van der Waals surface area contributed by atoms with E-state index < -0.39 is 0 Å². The first-order chi connectivity index (χ1) is 15.6. The Balaban J connectivity index is 1.62. The van der Waals surface area contributed by atoms with Gasteiger partial charge in [0.05, 0.1) is 5.69 Å². The molecular weight excluding hydrogens is 422 g/mol. The van der Waals surface area contributed by atoms with Crippen molar-refractivity contribution in [3.63, 3.8) is 0 Å². The molecule has 0 radical (unpaired) electrons. The van der Waals surface area contributed by atoms with Gasteiger partial charge in [0.15, 0.2) is 0 Å². The molecule has 0 fully saturated rings.